The highest BCUT2D eigenvalue weighted by molar-refractivity contribution is 7.92. The van der Waals surface area contributed by atoms with Gasteiger partial charge in [-0.2, -0.15) is 0 Å². The molecule has 1 aliphatic heterocycles. The van der Waals surface area contributed by atoms with Gasteiger partial charge in [0.25, 0.3) is 10.0 Å². The lowest BCUT2D eigenvalue weighted by Gasteiger charge is -2.30. The van der Waals surface area contributed by atoms with Gasteiger partial charge in [-0.05, 0) is 66.4 Å². The van der Waals surface area contributed by atoms with Gasteiger partial charge in [0.1, 0.15) is 6.61 Å². The minimum atomic E-state index is -3.74. The Morgan fingerprint density at radius 1 is 0.879 bits per heavy atom. The summed E-state index contributed by atoms with van der Waals surface area (Å²) < 4.78 is 37.8. The van der Waals surface area contributed by atoms with Gasteiger partial charge >= 0.3 is 11.9 Å². The summed E-state index contributed by atoms with van der Waals surface area (Å²) in [5, 5.41) is 0. The van der Waals surface area contributed by atoms with Crippen molar-refractivity contribution in [3.8, 4) is 0 Å². The number of hydrogen-bond donors (Lipinski definition) is 0. The summed E-state index contributed by atoms with van der Waals surface area (Å²) in [5.74, 6) is -1.01. The Hall–Kier alpha value is -3.65. The molecule has 3 aromatic rings. The molecule has 3 aromatic carbocycles. The minimum absolute atomic E-state index is 0.0187. The van der Waals surface area contributed by atoms with E-state index in [0.717, 1.165) is 18.4 Å². The summed E-state index contributed by atoms with van der Waals surface area (Å²) in [7, 11) is -2.44. The zero-order valence-electron chi connectivity index (χ0n) is 18.1. The quantitative estimate of drug-likeness (QED) is 0.512. The molecular weight excluding hydrogens is 442 g/mol. The number of esters is 2. The maximum atomic E-state index is 13.2. The van der Waals surface area contributed by atoms with Crippen LogP contribution < -0.4 is 4.31 Å². The lowest BCUT2D eigenvalue weighted by molar-refractivity contribution is 0.0471. The molecule has 0 N–H and O–H groups in total. The van der Waals surface area contributed by atoms with Crippen LogP contribution in [0.4, 0.5) is 5.69 Å². The maximum absolute atomic E-state index is 13.2. The number of para-hydroxylation sites is 1. The molecule has 0 fully saturated rings. The van der Waals surface area contributed by atoms with Gasteiger partial charge in [0.15, 0.2) is 0 Å². The lowest BCUT2D eigenvalue weighted by Crippen LogP contribution is -2.35. The Bertz CT molecular complexity index is 1270. The second-order valence-electron chi connectivity index (χ2n) is 7.60. The number of sulfonamides is 1. The smallest absolute Gasteiger partial charge is 0.338 e. The van der Waals surface area contributed by atoms with E-state index in [1.807, 2.05) is 24.3 Å². The number of carbonyl (C=O) groups is 2. The van der Waals surface area contributed by atoms with E-state index in [1.165, 1.54) is 35.7 Å². The molecule has 0 unspecified atom stereocenters. The highest BCUT2D eigenvalue weighted by Gasteiger charge is 2.29. The molecule has 4 rings (SSSR count). The number of fused-ring (bicyclic) bond motifs is 1. The van der Waals surface area contributed by atoms with Crippen LogP contribution in [-0.4, -0.2) is 34.0 Å². The summed E-state index contributed by atoms with van der Waals surface area (Å²) >= 11 is 0. The first-order valence-electron chi connectivity index (χ1n) is 10.5. The molecule has 1 aliphatic rings. The molecule has 0 atom stereocenters. The molecule has 170 valence electrons. The molecule has 1 heterocycles. The van der Waals surface area contributed by atoms with Gasteiger partial charge in [-0.3, -0.25) is 4.31 Å². The van der Waals surface area contributed by atoms with E-state index in [2.05, 4.69) is 4.74 Å². The Morgan fingerprint density at radius 2 is 1.52 bits per heavy atom. The van der Waals surface area contributed by atoms with Crippen LogP contribution in [-0.2, 0) is 32.5 Å². The highest BCUT2D eigenvalue weighted by Crippen LogP contribution is 2.31. The summed E-state index contributed by atoms with van der Waals surface area (Å²) in [6, 6.07) is 19.8. The number of ether oxygens (including phenoxy) is 2. The van der Waals surface area contributed by atoms with Gasteiger partial charge in [0.2, 0.25) is 0 Å². The largest absolute Gasteiger partial charge is 0.465 e. The number of benzene rings is 3. The summed E-state index contributed by atoms with van der Waals surface area (Å²) in [6.45, 7) is 0.433. The molecule has 0 aromatic heterocycles. The fraction of sp³-hybridized carbons (Fsp3) is 0.200. The Balaban J connectivity index is 1.44. The first-order chi connectivity index (χ1) is 15.9. The van der Waals surface area contributed by atoms with Gasteiger partial charge in [-0.1, -0.05) is 30.3 Å². The Kier molecular flexibility index (Phi) is 6.46. The molecule has 0 spiro atoms. The summed E-state index contributed by atoms with van der Waals surface area (Å²) in [4.78, 5) is 24.0. The molecule has 33 heavy (non-hydrogen) atoms. The first-order valence-corrected chi connectivity index (χ1v) is 11.9. The molecule has 8 heteroatoms. The van der Waals surface area contributed by atoms with E-state index < -0.39 is 22.0 Å². The van der Waals surface area contributed by atoms with Crippen LogP contribution in [0, 0.1) is 0 Å². The lowest BCUT2D eigenvalue weighted by atomic mass is 10.0. The average molecular weight is 466 g/mol. The average Bonchev–Trinajstić information content (AvgIpc) is 2.86. The number of carbonyl (C=O) groups excluding carboxylic acids is 2. The van der Waals surface area contributed by atoms with Crippen molar-refractivity contribution < 1.29 is 27.5 Å². The second-order valence-corrected chi connectivity index (χ2v) is 9.46. The standard InChI is InChI=1S/C25H23NO6S/c1-31-24(27)20-10-8-18(9-11-20)17-32-25(28)21-12-14-22(15-13-21)33(29,30)26-16-4-6-19-5-2-3-7-23(19)26/h2-3,5,7-15H,4,6,16-17H2,1H3. The van der Waals surface area contributed by atoms with E-state index in [0.29, 0.717) is 23.4 Å². The number of methoxy groups -OCH3 is 1. The van der Waals surface area contributed by atoms with Crippen LogP contribution in [0.1, 0.15) is 38.3 Å². The molecule has 0 bridgehead atoms. The van der Waals surface area contributed by atoms with Gasteiger partial charge in [0, 0.05) is 6.54 Å². The van der Waals surface area contributed by atoms with Crippen molar-refractivity contribution in [2.45, 2.75) is 24.3 Å². The number of rotatable bonds is 6. The molecule has 0 amide bonds. The van der Waals surface area contributed by atoms with E-state index >= 15 is 0 Å². The highest BCUT2D eigenvalue weighted by atomic mass is 32.2. The fourth-order valence-corrected chi connectivity index (χ4v) is 5.27. The molecule has 0 saturated carbocycles. The zero-order chi connectivity index (χ0) is 23.4. The first kappa shape index (κ1) is 22.5. The van der Waals surface area contributed by atoms with Crippen molar-refractivity contribution >= 4 is 27.6 Å². The SMILES string of the molecule is COC(=O)c1ccc(COC(=O)c2ccc(S(=O)(=O)N3CCCc4ccccc43)cc2)cc1. The third-order valence-electron chi connectivity index (χ3n) is 5.49. The van der Waals surface area contributed by atoms with Crippen LogP contribution in [0.15, 0.2) is 77.7 Å². The van der Waals surface area contributed by atoms with Gasteiger partial charge in [0.05, 0.1) is 28.8 Å². The Labute approximate surface area is 192 Å². The van der Waals surface area contributed by atoms with Crippen molar-refractivity contribution in [3.05, 3.63) is 95.1 Å². The van der Waals surface area contributed by atoms with E-state index in [-0.39, 0.29) is 17.1 Å². The van der Waals surface area contributed by atoms with E-state index in [9.17, 15) is 18.0 Å². The molecule has 0 aliphatic carbocycles. The third-order valence-corrected chi connectivity index (χ3v) is 7.32. The van der Waals surface area contributed by atoms with Gasteiger partial charge in [-0.15, -0.1) is 0 Å². The number of hydrogen-bond acceptors (Lipinski definition) is 6. The van der Waals surface area contributed by atoms with Gasteiger partial charge in [-0.25, -0.2) is 18.0 Å². The van der Waals surface area contributed by atoms with Crippen molar-refractivity contribution in [3.63, 3.8) is 0 Å². The molecule has 7 nitrogen and oxygen atoms in total. The van der Waals surface area contributed by atoms with Crippen molar-refractivity contribution in [1.82, 2.24) is 0 Å². The predicted molar refractivity (Wildman–Crippen MR) is 123 cm³/mol. The van der Waals surface area contributed by atoms with Crippen LogP contribution in [0.3, 0.4) is 0 Å². The number of anilines is 1. The van der Waals surface area contributed by atoms with Crippen LogP contribution in [0.2, 0.25) is 0 Å². The maximum Gasteiger partial charge on any atom is 0.338 e. The zero-order valence-corrected chi connectivity index (χ0v) is 18.9. The summed E-state index contributed by atoms with van der Waals surface area (Å²) in [5.41, 5.74) is 3.07. The van der Waals surface area contributed by atoms with Crippen LogP contribution in [0.25, 0.3) is 0 Å². The monoisotopic (exact) mass is 465 g/mol. The number of aryl methyl sites for hydroxylation is 1. The van der Waals surface area contributed by atoms with Crippen molar-refractivity contribution in [1.29, 1.82) is 0 Å². The number of nitrogens with zero attached hydrogens (tertiary/aromatic N) is 1. The molecule has 0 radical (unpaired) electrons. The minimum Gasteiger partial charge on any atom is -0.465 e. The van der Waals surface area contributed by atoms with E-state index in [1.54, 1.807) is 24.3 Å². The summed E-state index contributed by atoms with van der Waals surface area (Å²) in [6.07, 6.45) is 1.60. The second kappa shape index (κ2) is 9.46. The Morgan fingerprint density at radius 3 is 2.21 bits per heavy atom. The normalized spacial score (nSPS) is 13.2. The van der Waals surface area contributed by atoms with E-state index in [4.69, 9.17) is 4.74 Å². The fourth-order valence-electron chi connectivity index (χ4n) is 3.73. The van der Waals surface area contributed by atoms with Crippen LogP contribution in [0.5, 0.6) is 0 Å². The van der Waals surface area contributed by atoms with Gasteiger partial charge < -0.3 is 9.47 Å². The topological polar surface area (TPSA) is 90.0 Å². The van der Waals surface area contributed by atoms with Crippen molar-refractivity contribution in [2.75, 3.05) is 18.0 Å². The predicted octanol–water partition coefficient (Wildman–Crippen LogP) is 3.97. The third kappa shape index (κ3) is 4.75. The van der Waals surface area contributed by atoms with Crippen LogP contribution >= 0.6 is 0 Å². The molecular formula is C25H23NO6S. The van der Waals surface area contributed by atoms with Crippen molar-refractivity contribution in [2.24, 2.45) is 0 Å². The molecule has 0 saturated heterocycles.